The second-order valence-corrected chi connectivity index (χ2v) is 5.59. The molecule has 0 unspecified atom stereocenters. The van der Waals surface area contributed by atoms with Crippen LogP contribution >= 0.6 is 12.2 Å². The van der Waals surface area contributed by atoms with E-state index in [0.29, 0.717) is 18.1 Å². The number of ether oxygens (including phenoxy) is 1. The molecule has 0 bridgehead atoms. The molecule has 0 saturated carbocycles. The maximum Gasteiger partial charge on any atom is 0.123 e. The average molecular weight is 303 g/mol. The Kier molecular flexibility index (Phi) is 4.91. The topological polar surface area (TPSA) is 35.2 Å². The lowest BCUT2D eigenvalue weighted by molar-refractivity contribution is 0.301. The monoisotopic (exact) mass is 303 g/mol. The first-order valence-electron chi connectivity index (χ1n) is 6.79. The zero-order valence-electron chi connectivity index (χ0n) is 12.1. The van der Waals surface area contributed by atoms with Gasteiger partial charge in [0, 0.05) is 5.56 Å². The van der Waals surface area contributed by atoms with Crippen LogP contribution in [0.4, 0.5) is 4.39 Å². The van der Waals surface area contributed by atoms with Gasteiger partial charge in [-0.05, 0) is 35.2 Å². The number of hydrogen-bond acceptors (Lipinski definition) is 2. The summed E-state index contributed by atoms with van der Waals surface area (Å²) in [4.78, 5) is 0.172. The quantitative estimate of drug-likeness (QED) is 0.842. The number of nitrogens with two attached hydrogens (primary N) is 1. The van der Waals surface area contributed by atoms with Crippen molar-refractivity contribution in [2.45, 2.75) is 26.4 Å². The van der Waals surface area contributed by atoms with Gasteiger partial charge in [-0.2, -0.15) is 0 Å². The van der Waals surface area contributed by atoms with E-state index in [9.17, 15) is 4.39 Å². The van der Waals surface area contributed by atoms with Gasteiger partial charge in [-0.3, -0.25) is 0 Å². The third-order valence-electron chi connectivity index (χ3n) is 3.26. The van der Waals surface area contributed by atoms with Crippen LogP contribution in [0.15, 0.2) is 42.5 Å². The fraction of sp³-hybridized carbons (Fsp3) is 0.235. The third kappa shape index (κ3) is 3.79. The van der Waals surface area contributed by atoms with Crippen LogP contribution < -0.4 is 10.5 Å². The molecule has 0 saturated heterocycles. The number of para-hydroxylation sites is 1. The number of benzene rings is 2. The third-order valence-corrected chi connectivity index (χ3v) is 3.48. The molecule has 0 fully saturated rings. The fourth-order valence-electron chi connectivity index (χ4n) is 2.15. The zero-order chi connectivity index (χ0) is 15.4. The largest absolute Gasteiger partial charge is 0.489 e. The summed E-state index contributed by atoms with van der Waals surface area (Å²) in [6.45, 7) is 4.53. The molecular formula is C17H18FNOS. The highest BCUT2D eigenvalue weighted by atomic mass is 32.1. The van der Waals surface area contributed by atoms with Gasteiger partial charge in [0.25, 0.3) is 0 Å². The average Bonchev–Trinajstić information content (AvgIpc) is 2.46. The fourth-order valence-corrected chi connectivity index (χ4v) is 2.34. The first-order valence-corrected chi connectivity index (χ1v) is 7.20. The predicted molar refractivity (Wildman–Crippen MR) is 87.2 cm³/mol. The zero-order valence-corrected chi connectivity index (χ0v) is 12.9. The Morgan fingerprint density at radius 1 is 1.24 bits per heavy atom. The van der Waals surface area contributed by atoms with Crippen molar-refractivity contribution in [2.24, 2.45) is 5.73 Å². The summed E-state index contributed by atoms with van der Waals surface area (Å²) in [7, 11) is 0. The molecule has 0 amide bonds. The molecule has 0 aliphatic rings. The Morgan fingerprint density at radius 2 is 1.95 bits per heavy atom. The van der Waals surface area contributed by atoms with Crippen molar-refractivity contribution < 1.29 is 9.13 Å². The van der Waals surface area contributed by atoms with Gasteiger partial charge in [0.15, 0.2) is 0 Å². The van der Waals surface area contributed by atoms with Gasteiger partial charge in [0.05, 0.1) is 0 Å². The van der Waals surface area contributed by atoms with Crippen molar-refractivity contribution in [2.75, 3.05) is 0 Å². The van der Waals surface area contributed by atoms with Gasteiger partial charge >= 0.3 is 0 Å². The molecule has 0 radical (unpaired) electrons. The van der Waals surface area contributed by atoms with Gasteiger partial charge in [-0.1, -0.05) is 50.3 Å². The molecule has 2 aromatic carbocycles. The molecule has 2 rings (SSSR count). The molecule has 2 nitrogen and oxygen atoms in total. The van der Waals surface area contributed by atoms with Crippen LogP contribution in [0.5, 0.6) is 5.75 Å². The normalized spacial score (nSPS) is 10.7. The molecule has 0 atom stereocenters. The lowest BCUT2D eigenvalue weighted by Gasteiger charge is -2.15. The minimum atomic E-state index is -0.357. The van der Waals surface area contributed by atoms with Crippen molar-refractivity contribution in [3.05, 3.63) is 65.0 Å². The van der Waals surface area contributed by atoms with Gasteiger partial charge < -0.3 is 10.5 Å². The minimum Gasteiger partial charge on any atom is -0.489 e. The van der Waals surface area contributed by atoms with E-state index >= 15 is 0 Å². The molecule has 21 heavy (non-hydrogen) atoms. The lowest BCUT2D eigenvalue weighted by Crippen LogP contribution is -2.14. The summed E-state index contributed by atoms with van der Waals surface area (Å²) in [6, 6.07) is 12.3. The number of thiocarbonyl (C=S) groups is 1. The summed E-state index contributed by atoms with van der Waals surface area (Å²) in [5.41, 5.74) is 8.08. The van der Waals surface area contributed by atoms with E-state index in [-0.39, 0.29) is 10.8 Å². The Hall–Kier alpha value is -1.94. The molecule has 0 aliphatic heterocycles. The van der Waals surface area contributed by atoms with Crippen LogP contribution in [-0.2, 0) is 6.61 Å². The molecule has 0 aromatic heterocycles. The summed E-state index contributed by atoms with van der Waals surface area (Å²) in [5.74, 6) is 0.833. The SMILES string of the molecule is CC(C)c1ccccc1OCc1ccc(F)cc1C(N)=S. The Bertz CT molecular complexity index is 655. The standard InChI is InChI=1S/C17H18FNOS/c1-11(2)14-5-3-4-6-16(14)20-10-12-7-8-13(18)9-15(12)17(19)21/h3-9,11H,10H2,1-2H3,(H2,19,21). The molecule has 0 aliphatic carbocycles. The van der Waals surface area contributed by atoms with E-state index in [4.69, 9.17) is 22.7 Å². The number of hydrogen-bond donors (Lipinski definition) is 1. The first-order chi connectivity index (χ1) is 9.99. The number of rotatable bonds is 5. The van der Waals surface area contributed by atoms with E-state index in [1.165, 1.54) is 12.1 Å². The second kappa shape index (κ2) is 6.68. The molecule has 2 N–H and O–H groups in total. The van der Waals surface area contributed by atoms with Crippen LogP contribution in [0, 0.1) is 5.82 Å². The smallest absolute Gasteiger partial charge is 0.123 e. The van der Waals surface area contributed by atoms with Crippen LogP contribution in [0.1, 0.15) is 36.5 Å². The highest BCUT2D eigenvalue weighted by molar-refractivity contribution is 7.80. The maximum absolute atomic E-state index is 13.3. The molecular weight excluding hydrogens is 285 g/mol. The van der Waals surface area contributed by atoms with Crippen molar-refractivity contribution in [3.63, 3.8) is 0 Å². The Morgan fingerprint density at radius 3 is 2.62 bits per heavy atom. The van der Waals surface area contributed by atoms with Gasteiger partial charge in [-0.25, -0.2) is 4.39 Å². The van der Waals surface area contributed by atoms with Crippen molar-refractivity contribution >= 4 is 17.2 Å². The van der Waals surface area contributed by atoms with Crippen molar-refractivity contribution in [1.82, 2.24) is 0 Å². The molecule has 110 valence electrons. The van der Waals surface area contributed by atoms with E-state index in [1.54, 1.807) is 6.07 Å². The summed E-state index contributed by atoms with van der Waals surface area (Å²) in [6.07, 6.45) is 0. The number of halogens is 1. The van der Waals surface area contributed by atoms with Crippen molar-refractivity contribution in [1.29, 1.82) is 0 Å². The van der Waals surface area contributed by atoms with Crippen LogP contribution in [0.2, 0.25) is 0 Å². The second-order valence-electron chi connectivity index (χ2n) is 5.15. The molecule has 0 spiro atoms. The van der Waals surface area contributed by atoms with Crippen molar-refractivity contribution in [3.8, 4) is 5.75 Å². The Labute approximate surface area is 129 Å². The molecule has 2 aromatic rings. The van der Waals surface area contributed by atoms with Gasteiger partial charge in [-0.15, -0.1) is 0 Å². The first kappa shape index (κ1) is 15.4. The van der Waals surface area contributed by atoms with Crippen LogP contribution in [0.3, 0.4) is 0 Å². The highest BCUT2D eigenvalue weighted by Gasteiger charge is 2.10. The predicted octanol–water partition coefficient (Wildman–Crippen LogP) is 4.16. The van der Waals surface area contributed by atoms with E-state index in [2.05, 4.69) is 13.8 Å². The van der Waals surface area contributed by atoms with E-state index < -0.39 is 0 Å². The van der Waals surface area contributed by atoms with Gasteiger partial charge in [0.2, 0.25) is 0 Å². The summed E-state index contributed by atoms with van der Waals surface area (Å²) in [5, 5.41) is 0. The van der Waals surface area contributed by atoms with Crippen LogP contribution in [0.25, 0.3) is 0 Å². The maximum atomic E-state index is 13.3. The summed E-state index contributed by atoms with van der Waals surface area (Å²) >= 11 is 4.96. The summed E-state index contributed by atoms with van der Waals surface area (Å²) < 4.78 is 19.2. The van der Waals surface area contributed by atoms with Gasteiger partial charge in [0.1, 0.15) is 23.2 Å². The molecule has 4 heteroatoms. The highest BCUT2D eigenvalue weighted by Crippen LogP contribution is 2.27. The lowest BCUT2D eigenvalue weighted by atomic mass is 10.0. The minimum absolute atomic E-state index is 0.172. The van der Waals surface area contributed by atoms with Crippen LogP contribution in [-0.4, -0.2) is 4.99 Å². The van der Waals surface area contributed by atoms with E-state index in [1.807, 2.05) is 24.3 Å². The van der Waals surface area contributed by atoms with E-state index in [0.717, 1.165) is 16.9 Å². The Balaban J connectivity index is 2.23. The molecule has 0 heterocycles.